The summed E-state index contributed by atoms with van der Waals surface area (Å²) in [6.07, 6.45) is 9.64. The van der Waals surface area contributed by atoms with Crippen molar-refractivity contribution < 1.29 is 9.53 Å². The van der Waals surface area contributed by atoms with E-state index >= 15 is 0 Å². The minimum absolute atomic E-state index is 0.130. The third kappa shape index (κ3) is 1.46. The predicted molar refractivity (Wildman–Crippen MR) is 57.6 cm³/mol. The number of rotatable bonds is 0. The molecule has 0 aromatic heterocycles. The van der Waals surface area contributed by atoms with Crippen molar-refractivity contribution in [2.75, 3.05) is 6.61 Å². The van der Waals surface area contributed by atoms with Gasteiger partial charge in [0, 0.05) is 18.9 Å². The first kappa shape index (κ1) is 9.59. The summed E-state index contributed by atoms with van der Waals surface area (Å²) in [5.74, 6) is 0.891. The van der Waals surface area contributed by atoms with Gasteiger partial charge in [0.15, 0.2) is 5.78 Å². The quantitative estimate of drug-likeness (QED) is 0.609. The van der Waals surface area contributed by atoms with Gasteiger partial charge in [0.25, 0.3) is 0 Å². The lowest BCUT2D eigenvalue weighted by molar-refractivity contribution is -0.117. The van der Waals surface area contributed by atoms with E-state index in [-0.39, 0.29) is 5.60 Å². The average molecular weight is 206 g/mol. The van der Waals surface area contributed by atoms with Gasteiger partial charge >= 0.3 is 0 Å². The van der Waals surface area contributed by atoms with Crippen LogP contribution in [-0.4, -0.2) is 18.0 Å². The van der Waals surface area contributed by atoms with Crippen LogP contribution in [0.4, 0.5) is 0 Å². The summed E-state index contributed by atoms with van der Waals surface area (Å²) >= 11 is 0. The number of ether oxygens (including phenoxy) is 1. The van der Waals surface area contributed by atoms with Gasteiger partial charge in [-0.05, 0) is 44.6 Å². The van der Waals surface area contributed by atoms with E-state index in [9.17, 15) is 4.79 Å². The zero-order valence-corrected chi connectivity index (χ0v) is 9.13. The van der Waals surface area contributed by atoms with Gasteiger partial charge < -0.3 is 4.74 Å². The molecule has 1 aliphatic heterocycles. The highest BCUT2D eigenvalue weighted by Gasteiger charge is 2.47. The molecule has 2 atom stereocenters. The third-order valence-corrected chi connectivity index (χ3v) is 4.31. The topological polar surface area (TPSA) is 26.3 Å². The number of carbonyl (C=O) groups is 1. The Morgan fingerprint density at radius 3 is 2.93 bits per heavy atom. The Balaban J connectivity index is 1.92. The van der Waals surface area contributed by atoms with Crippen LogP contribution in [0.15, 0.2) is 11.6 Å². The highest BCUT2D eigenvalue weighted by molar-refractivity contribution is 5.91. The van der Waals surface area contributed by atoms with Crippen molar-refractivity contribution in [2.45, 2.75) is 50.5 Å². The fourth-order valence-electron chi connectivity index (χ4n) is 3.66. The van der Waals surface area contributed by atoms with E-state index < -0.39 is 0 Å². The number of hydrogen-bond donors (Lipinski definition) is 0. The van der Waals surface area contributed by atoms with E-state index in [4.69, 9.17) is 4.74 Å². The predicted octanol–water partition coefficient (Wildman–Crippen LogP) is 2.63. The molecular weight excluding hydrogens is 188 g/mol. The maximum atomic E-state index is 11.4. The normalized spacial score (nSPS) is 40.4. The monoisotopic (exact) mass is 206 g/mol. The second kappa shape index (κ2) is 3.44. The van der Waals surface area contributed by atoms with Crippen molar-refractivity contribution in [3.05, 3.63) is 11.6 Å². The zero-order chi connectivity index (χ0) is 10.3. The highest BCUT2D eigenvalue weighted by Crippen LogP contribution is 2.49. The number of hydrogen-bond acceptors (Lipinski definition) is 2. The number of ketones is 1. The van der Waals surface area contributed by atoms with Gasteiger partial charge in [0.2, 0.25) is 0 Å². The average Bonchev–Trinajstić information content (AvgIpc) is 2.67. The molecule has 0 radical (unpaired) electrons. The summed E-state index contributed by atoms with van der Waals surface area (Å²) < 4.78 is 6.03. The van der Waals surface area contributed by atoms with Gasteiger partial charge in [0.1, 0.15) is 0 Å². The van der Waals surface area contributed by atoms with Crippen LogP contribution >= 0.6 is 0 Å². The summed E-state index contributed by atoms with van der Waals surface area (Å²) in [4.78, 5) is 11.4. The summed E-state index contributed by atoms with van der Waals surface area (Å²) in [7, 11) is 0. The van der Waals surface area contributed by atoms with Gasteiger partial charge in [0.05, 0.1) is 5.60 Å². The van der Waals surface area contributed by atoms with E-state index in [0.29, 0.717) is 11.7 Å². The minimum Gasteiger partial charge on any atom is -0.374 e. The Labute approximate surface area is 90.7 Å². The summed E-state index contributed by atoms with van der Waals surface area (Å²) in [5.41, 5.74) is 1.52. The number of fused-ring (bicyclic) bond motifs is 2. The van der Waals surface area contributed by atoms with Crippen LogP contribution in [0.5, 0.6) is 0 Å². The van der Waals surface area contributed by atoms with Gasteiger partial charge in [-0.3, -0.25) is 4.79 Å². The molecule has 0 bridgehead atoms. The van der Waals surface area contributed by atoms with Crippen LogP contribution in [0.3, 0.4) is 0 Å². The lowest BCUT2D eigenvalue weighted by Crippen LogP contribution is -2.42. The zero-order valence-electron chi connectivity index (χ0n) is 9.13. The molecule has 0 aromatic carbocycles. The van der Waals surface area contributed by atoms with E-state index in [1.807, 2.05) is 6.08 Å². The van der Waals surface area contributed by atoms with Gasteiger partial charge in [-0.2, -0.15) is 0 Å². The SMILES string of the molecule is O=C1C=C2CCCC3(CCCO3)C2CC1. The highest BCUT2D eigenvalue weighted by atomic mass is 16.5. The van der Waals surface area contributed by atoms with E-state index in [2.05, 4.69) is 0 Å². The number of allylic oxidation sites excluding steroid dienone is 1. The summed E-state index contributed by atoms with van der Waals surface area (Å²) in [5, 5.41) is 0. The Kier molecular flexibility index (Phi) is 2.20. The van der Waals surface area contributed by atoms with Crippen LogP contribution < -0.4 is 0 Å². The molecule has 0 aromatic rings. The summed E-state index contributed by atoms with van der Waals surface area (Å²) in [6, 6.07) is 0. The first-order valence-electron chi connectivity index (χ1n) is 6.17. The fourth-order valence-corrected chi connectivity index (χ4v) is 3.66. The van der Waals surface area contributed by atoms with Crippen LogP contribution in [0.1, 0.15) is 44.9 Å². The molecule has 1 saturated heterocycles. The minimum atomic E-state index is 0.130. The van der Waals surface area contributed by atoms with Gasteiger partial charge in [-0.15, -0.1) is 0 Å². The van der Waals surface area contributed by atoms with Crippen LogP contribution in [-0.2, 0) is 9.53 Å². The Bertz CT molecular complexity index is 310. The second-order valence-corrected chi connectivity index (χ2v) is 5.15. The Hall–Kier alpha value is -0.630. The molecule has 3 aliphatic rings. The van der Waals surface area contributed by atoms with Crippen LogP contribution in [0.25, 0.3) is 0 Å². The smallest absolute Gasteiger partial charge is 0.155 e. The lowest BCUT2D eigenvalue weighted by Gasteiger charge is -2.43. The molecule has 0 amide bonds. The maximum Gasteiger partial charge on any atom is 0.155 e. The van der Waals surface area contributed by atoms with Crippen molar-refractivity contribution >= 4 is 5.78 Å². The van der Waals surface area contributed by atoms with E-state index in [0.717, 1.165) is 25.9 Å². The van der Waals surface area contributed by atoms with Crippen molar-refractivity contribution in [1.82, 2.24) is 0 Å². The van der Waals surface area contributed by atoms with Crippen LogP contribution in [0.2, 0.25) is 0 Å². The van der Waals surface area contributed by atoms with Crippen molar-refractivity contribution in [2.24, 2.45) is 5.92 Å². The van der Waals surface area contributed by atoms with Gasteiger partial charge in [-0.1, -0.05) is 5.57 Å². The second-order valence-electron chi connectivity index (χ2n) is 5.15. The molecule has 82 valence electrons. The number of carbonyl (C=O) groups excluding carboxylic acids is 1. The first-order chi connectivity index (χ1) is 7.30. The molecule has 15 heavy (non-hydrogen) atoms. The molecule has 1 heterocycles. The molecule has 2 heteroatoms. The van der Waals surface area contributed by atoms with Crippen molar-refractivity contribution in [1.29, 1.82) is 0 Å². The van der Waals surface area contributed by atoms with Gasteiger partial charge in [-0.25, -0.2) is 0 Å². The Morgan fingerprint density at radius 1 is 1.27 bits per heavy atom. The van der Waals surface area contributed by atoms with Crippen molar-refractivity contribution in [3.63, 3.8) is 0 Å². The molecule has 2 aliphatic carbocycles. The maximum absolute atomic E-state index is 11.4. The molecule has 3 rings (SSSR count). The molecule has 0 N–H and O–H groups in total. The first-order valence-corrected chi connectivity index (χ1v) is 6.17. The molecule has 1 spiro atoms. The molecule has 2 fully saturated rings. The Morgan fingerprint density at radius 2 is 2.13 bits per heavy atom. The third-order valence-electron chi connectivity index (χ3n) is 4.31. The lowest BCUT2D eigenvalue weighted by atomic mass is 9.67. The molecule has 1 saturated carbocycles. The molecular formula is C13H18O2. The molecule has 2 unspecified atom stereocenters. The fraction of sp³-hybridized carbons (Fsp3) is 0.769. The van der Waals surface area contributed by atoms with Crippen molar-refractivity contribution in [3.8, 4) is 0 Å². The van der Waals surface area contributed by atoms with E-state index in [1.165, 1.54) is 31.3 Å². The van der Waals surface area contributed by atoms with E-state index in [1.54, 1.807) is 0 Å². The largest absolute Gasteiger partial charge is 0.374 e. The van der Waals surface area contributed by atoms with Crippen LogP contribution in [0, 0.1) is 5.92 Å². The molecule has 2 nitrogen and oxygen atoms in total. The standard InChI is InChI=1S/C13H18O2/c14-11-4-5-12-10(9-11)3-1-6-13(12)7-2-8-15-13/h9,12H,1-8H2. The summed E-state index contributed by atoms with van der Waals surface area (Å²) in [6.45, 7) is 0.928.